The summed E-state index contributed by atoms with van der Waals surface area (Å²) >= 11 is 0. The summed E-state index contributed by atoms with van der Waals surface area (Å²) in [5.74, 6) is -0.378. The van der Waals surface area contributed by atoms with Crippen molar-refractivity contribution in [3.63, 3.8) is 0 Å². The molecule has 0 N–H and O–H groups in total. The zero-order valence-electron chi connectivity index (χ0n) is 12.3. The van der Waals surface area contributed by atoms with Crippen LogP contribution in [0, 0.1) is 23.2 Å². The maximum atomic E-state index is 12.0. The Balaban J connectivity index is 1.88. The van der Waals surface area contributed by atoms with E-state index >= 15 is 0 Å². The zero-order chi connectivity index (χ0) is 14.9. The van der Waals surface area contributed by atoms with E-state index in [1.54, 1.807) is 0 Å². The number of carbonyl (C=O) groups excluding carboxylic acids is 1. The molecule has 3 aliphatic rings. The monoisotopic (exact) mass is 302 g/mol. The highest BCUT2D eigenvalue weighted by Gasteiger charge is 2.73. The van der Waals surface area contributed by atoms with E-state index in [1.165, 1.54) is 0 Å². The highest BCUT2D eigenvalue weighted by atomic mass is 32.2. The normalized spacial score (nSPS) is 44.5. The first kappa shape index (κ1) is 14.3. The van der Waals surface area contributed by atoms with Crippen molar-refractivity contribution in [3.8, 4) is 0 Å². The highest BCUT2D eigenvalue weighted by molar-refractivity contribution is 7.87. The minimum atomic E-state index is -3.49. The van der Waals surface area contributed by atoms with E-state index in [0.29, 0.717) is 6.42 Å². The first-order valence-electron chi connectivity index (χ1n) is 7.32. The van der Waals surface area contributed by atoms with Gasteiger partial charge in [0.15, 0.2) is 0 Å². The van der Waals surface area contributed by atoms with Gasteiger partial charge in [0.2, 0.25) is 0 Å². The Labute approximate surface area is 120 Å². The molecule has 3 rings (SSSR count). The summed E-state index contributed by atoms with van der Waals surface area (Å²) < 4.78 is 35.0. The molecule has 6 unspecified atom stereocenters. The van der Waals surface area contributed by atoms with Crippen molar-refractivity contribution in [1.29, 1.82) is 0 Å². The van der Waals surface area contributed by atoms with Crippen molar-refractivity contribution in [2.75, 3.05) is 0 Å². The summed E-state index contributed by atoms with van der Waals surface area (Å²) in [4.78, 5) is 12.0. The van der Waals surface area contributed by atoms with Gasteiger partial charge in [-0.25, -0.2) is 0 Å². The van der Waals surface area contributed by atoms with Gasteiger partial charge in [-0.1, -0.05) is 27.7 Å². The van der Waals surface area contributed by atoms with Crippen LogP contribution in [0.2, 0.25) is 0 Å². The number of ether oxygens (including phenoxy) is 1. The third-order valence-electron chi connectivity index (χ3n) is 5.66. The first-order chi connectivity index (χ1) is 9.20. The smallest absolute Gasteiger partial charge is 0.309 e. The fraction of sp³-hybridized carbons (Fsp3) is 0.929. The van der Waals surface area contributed by atoms with Crippen LogP contribution in [-0.2, 0) is 23.8 Å². The number of hydrogen-bond donors (Lipinski definition) is 0. The second kappa shape index (κ2) is 4.19. The molecule has 20 heavy (non-hydrogen) atoms. The second-order valence-electron chi connectivity index (χ2n) is 6.99. The van der Waals surface area contributed by atoms with E-state index < -0.39 is 27.6 Å². The molecule has 0 spiro atoms. The molecule has 1 heterocycles. The fourth-order valence-electron chi connectivity index (χ4n) is 4.26. The number of esters is 1. The van der Waals surface area contributed by atoms with E-state index in [-0.39, 0.29) is 29.1 Å². The molecule has 5 nitrogen and oxygen atoms in total. The van der Waals surface area contributed by atoms with E-state index in [4.69, 9.17) is 8.92 Å². The predicted octanol–water partition coefficient (Wildman–Crippen LogP) is 1.72. The van der Waals surface area contributed by atoms with Crippen molar-refractivity contribution < 1.29 is 22.1 Å². The van der Waals surface area contributed by atoms with Crippen LogP contribution in [-0.4, -0.2) is 31.8 Å². The summed E-state index contributed by atoms with van der Waals surface area (Å²) in [7, 11) is -3.49. The van der Waals surface area contributed by atoms with Crippen molar-refractivity contribution in [2.24, 2.45) is 23.2 Å². The van der Waals surface area contributed by atoms with E-state index in [9.17, 15) is 13.2 Å². The van der Waals surface area contributed by atoms with Crippen LogP contribution < -0.4 is 0 Å². The van der Waals surface area contributed by atoms with Gasteiger partial charge in [-0.2, -0.15) is 8.42 Å². The molecule has 2 bridgehead atoms. The number of rotatable bonds is 3. The Morgan fingerprint density at radius 3 is 2.70 bits per heavy atom. The maximum Gasteiger partial charge on any atom is 0.309 e. The number of fused-ring (bicyclic) bond motifs is 1. The predicted molar refractivity (Wildman–Crippen MR) is 72.3 cm³/mol. The Hall–Kier alpha value is -0.620. The molecule has 3 fully saturated rings. The lowest BCUT2D eigenvalue weighted by atomic mass is 9.81. The molecular weight excluding hydrogens is 280 g/mol. The van der Waals surface area contributed by atoms with Crippen molar-refractivity contribution >= 4 is 16.1 Å². The summed E-state index contributed by atoms with van der Waals surface area (Å²) in [6, 6.07) is 0. The molecule has 0 aromatic heterocycles. The Morgan fingerprint density at radius 1 is 1.45 bits per heavy atom. The van der Waals surface area contributed by atoms with Crippen molar-refractivity contribution in [1.82, 2.24) is 0 Å². The zero-order valence-corrected chi connectivity index (χ0v) is 13.1. The third kappa shape index (κ3) is 1.70. The Kier molecular flexibility index (Phi) is 3.00. The second-order valence-corrected chi connectivity index (χ2v) is 8.78. The third-order valence-corrected chi connectivity index (χ3v) is 7.38. The molecule has 114 valence electrons. The summed E-state index contributed by atoms with van der Waals surface area (Å²) in [6.07, 6.45) is 0.376. The molecule has 0 radical (unpaired) electrons. The van der Waals surface area contributed by atoms with E-state index in [2.05, 4.69) is 13.8 Å². The van der Waals surface area contributed by atoms with Gasteiger partial charge in [0.25, 0.3) is 10.1 Å². The standard InChI is InChI=1S/C14H22O5S/c1-5-7(2)13(15)18-11-8-6-9-10(14(8,3)4)12(11)19-20(9,16)17/h7-12H,5-6H2,1-4H3. The maximum absolute atomic E-state index is 12.0. The van der Waals surface area contributed by atoms with Crippen LogP contribution in [0.3, 0.4) is 0 Å². The van der Waals surface area contributed by atoms with Crippen LogP contribution in [0.25, 0.3) is 0 Å². The molecule has 1 aliphatic heterocycles. The Bertz CT molecular complexity index is 538. The summed E-state index contributed by atoms with van der Waals surface area (Å²) in [6.45, 7) is 7.90. The van der Waals surface area contributed by atoms with Gasteiger partial charge in [-0.05, 0) is 18.3 Å². The first-order valence-corrected chi connectivity index (χ1v) is 8.80. The molecule has 0 aromatic carbocycles. The Morgan fingerprint density at radius 2 is 2.10 bits per heavy atom. The van der Waals surface area contributed by atoms with Gasteiger partial charge >= 0.3 is 5.97 Å². The highest BCUT2D eigenvalue weighted by Crippen LogP contribution is 2.64. The molecule has 0 aromatic rings. The van der Waals surface area contributed by atoms with Crippen molar-refractivity contribution in [3.05, 3.63) is 0 Å². The minimum Gasteiger partial charge on any atom is -0.459 e. The lowest BCUT2D eigenvalue weighted by Gasteiger charge is -2.27. The largest absolute Gasteiger partial charge is 0.459 e. The number of carbonyl (C=O) groups is 1. The van der Waals surface area contributed by atoms with E-state index in [0.717, 1.165) is 6.42 Å². The quantitative estimate of drug-likeness (QED) is 0.586. The minimum absolute atomic E-state index is 0.0489. The van der Waals surface area contributed by atoms with Crippen LogP contribution >= 0.6 is 0 Å². The van der Waals surface area contributed by atoms with Gasteiger partial charge in [-0.15, -0.1) is 0 Å². The summed E-state index contributed by atoms with van der Waals surface area (Å²) in [5.41, 5.74) is -0.153. The molecule has 1 saturated heterocycles. The van der Waals surface area contributed by atoms with Crippen molar-refractivity contribution in [2.45, 2.75) is 58.0 Å². The number of hydrogen-bond acceptors (Lipinski definition) is 5. The lowest BCUT2D eigenvalue weighted by Crippen LogP contribution is -2.38. The average Bonchev–Trinajstić information content (AvgIpc) is 2.82. The van der Waals surface area contributed by atoms with Crippen LogP contribution in [0.15, 0.2) is 0 Å². The molecule has 2 saturated carbocycles. The molecule has 6 heteroatoms. The molecular formula is C14H22O5S. The fourth-order valence-corrected chi connectivity index (χ4v) is 6.25. The molecule has 2 aliphatic carbocycles. The van der Waals surface area contributed by atoms with Gasteiger partial charge in [0, 0.05) is 11.8 Å². The molecule has 6 atom stereocenters. The average molecular weight is 302 g/mol. The van der Waals surface area contributed by atoms with Gasteiger partial charge in [0.1, 0.15) is 12.2 Å². The van der Waals surface area contributed by atoms with E-state index in [1.807, 2.05) is 13.8 Å². The van der Waals surface area contributed by atoms with Crippen LogP contribution in [0.4, 0.5) is 0 Å². The topological polar surface area (TPSA) is 69.7 Å². The van der Waals surface area contributed by atoms with Gasteiger partial charge < -0.3 is 4.74 Å². The van der Waals surface area contributed by atoms with Crippen LogP contribution in [0.5, 0.6) is 0 Å². The van der Waals surface area contributed by atoms with Gasteiger partial charge in [0.05, 0.1) is 11.2 Å². The van der Waals surface area contributed by atoms with Gasteiger partial charge in [-0.3, -0.25) is 8.98 Å². The lowest BCUT2D eigenvalue weighted by molar-refractivity contribution is -0.160. The van der Waals surface area contributed by atoms with Crippen LogP contribution in [0.1, 0.15) is 40.5 Å². The summed E-state index contributed by atoms with van der Waals surface area (Å²) in [5, 5.41) is -0.411. The molecule has 0 amide bonds. The SMILES string of the molecule is CCC(C)C(=O)OC1C2OS(=O)(=O)C3CC1C(C)(C)C23.